The second kappa shape index (κ2) is 7.20. The van der Waals surface area contributed by atoms with Crippen LogP contribution in [0.4, 0.5) is 0 Å². The molecule has 108 valence electrons. The molecule has 1 aliphatic rings. The first kappa shape index (κ1) is 15.5. The van der Waals surface area contributed by atoms with Crippen LogP contribution in [0.5, 0.6) is 0 Å². The summed E-state index contributed by atoms with van der Waals surface area (Å²) in [5, 5.41) is 0. The first-order valence-corrected chi connectivity index (χ1v) is 8.09. The lowest BCUT2D eigenvalue weighted by molar-refractivity contribution is -0.134. The van der Waals surface area contributed by atoms with Gasteiger partial charge >= 0.3 is 0 Å². The molecule has 0 spiro atoms. The van der Waals surface area contributed by atoms with Crippen LogP contribution in [-0.2, 0) is 16.1 Å². The van der Waals surface area contributed by atoms with Crippen molar-refractivity contribution >= 4 is 34.2 Å². The van der Waals surface area contributed by atoms with E-state index in [0.29, 0.717) is 16.8 Å². The van der Waals surface area contributed by atoms with Gasteiger partial charge in [0.1, 0.15) is 10.9 Å². The number of rotatable bonds is 5. The Morgan fingerprint density at radius 2 is 2.15 bits per heavy atom. The fourth-order valence-corrected chi connectivity index (χ4v) is 3.78. The number of nitrogens with zero attached hydrogens (tertiary/aromatic N) is 1. The summed E-state index contributed by atoms with van der Waals surface area (Å²) < 4.78 is 6.19. The van der Waals surface area contributed by atoms with Crippen LogP contribution in [0.1, 0.15) is 19.4 Å². The predicted molar refractivity (Wildman–Crippen MR) is 86.6 cm³/mol. The minimum absolute atomic E-state index is 0.0327. The lowest BCUT2D eigenvalue weighted by atomic mass is 10.1. The van der Waals surface area contributed by atoms with E-state index in [-0.39, 0.29) is 18.6 Å². The minimum atomic E-state index is -0.0327. The Morgan fingerprint density at radius 3 is 2.80 bits per heavy atom. The summed E-state index contributed by atoms with van der Waals surface area (Å²) in [6.45, 7) is 4.76. The SMILES string of the molecule is CC(C)[C@H]1CSC(=S)N1C(=O)COCc1ccccc1. The normalized spacial score (nSPS) is 18.9. The molecule has 1 aromatic rings. The summed E-state index contributed by atoms with van der Waals surface area (Å²) in [7, 11) is 0. The summed E-state index contributed by atoms with van der Waals surface area (Å²) in [6.07, 6.45) is 0. The van der Waals surface area contributed by atoms with Crippen molar-refractivity contribution in [3.8, 4) is 0 Å². The summed E-state index contributed by atoms with van der Waals surface area (Å²) in [6, 6.07) is 10.0. The number of thiocarbonyl (C=S) groups is 1. The van der Waals surface area contributed by atoms with Gasteiger partial charge in [0.2, 0.25) is 0 Å². The van der Waals surface area contributed by atoms with E-state index < -0.39 is 0 Å². The Morgan fingerprint density at radius 1 is 1.45 bits per heavy atom. The van der Waals surface area contributed by atoms with Gasteiger partial charge in [0.05, 0.1) is 12.6 Å². The summed E-state index contributed by atoms with van der Waals surface area (Å²) in [5.74, 6) is 1.26. The first-order chi connectivity index (χ1) is 9.59. The topological polar surface area (TPSA) is 29.5 Å². The maximum Gasteiger partial charge on any atom is 0.254 e. The Kier molecular flexibility index (Phi) is 5.57. The third kappa shape index (κ3) is 3.81. The standard InChI is InChI=1S/C15H19NO2S2/c1-11(2)13-10-20-15(19)16(13)14(17)9-18-8-12-6-4-3-5-7-12/h3-7,11,13H,8-10H2,1-2H3/t13-/m1/s1. The molecular weight excluding hydrogens is 290 g/mol. The molecule has 1 saturated heterocycles. The summed E-state index contributed by atoms with van der Waals surface area (Å²) in [4.78, 5) is 14.0. The van der Waals surface area contributed by atoms with Gasteiger partial charge in [-0.15, -0.1) is 0 Å². The van der Waals surface area contributed by atoms with Crippen LogP contribution < -0.4 is 0 Å². The molecule has 20 heavy (non-hydrogen) atoms. The monoisotopic (exact) mass is 309 g/mol. The highest BCUT2D eigenvalue weighted by Gasteiger charge is 2.35. The van der Waals surface area contributed by atoms with Crippen LogP contribution in [0.2, 0.25) is 0 Å². The van der Waals surface area contributed by atoms with Gasteiger partial charge in [-0.1, -0.05) is 68.2 Å². The third-order valence-electron chi connectivity index (χ3n) is 3.28. The number of carbonyl (C=O) groups is 1. The van der Waals surface area contributed by atoms with Crippen molar-refractivity contribution in [3.05, 3.63) is 35.9 Å². The lowest BCUT2D eigenvalue weighted by Gasteiger charge is -2.26. The van der Waals surface area contributed by atoms with E-state index in [1.165, 1.54) is 0 Å². The van der Waals surface area contributed by atoms with E-state index in [4.69, 9.17) is 17.0 Å². The quantitative estimate of drug-likeness (QED) is 0.782. The molecule has 1 heterocycles. The maximum atomic E-state index is 12.3. The molecule has 0 radical (unpaired) electrons. The van der Waals surface area contributed by atoms with E-state index >= 15 is 0 Å². The fourth-order valence-electron chi connectivity index (χ4n) is 2.11. The lowest BCUT2D eigenvalue weighted by Crippen LogP contribution is -2.43. The molecule has 1 amide bonds. The van der Waals surface area contributed by atoms with Gasteiger partial charge in [-0.25, -0.2) is 0 Å². The zero-order valence-electron chi connectivity index (χ0n) is 11.7. The smallest absolute Gasteiger partial charge is 0.254 e. The molecule has 0 saturated carbocycles. The number of ether oxygens (including phenoxy) is 1. The number of carbonyl (C=O) groups excluding carboxylic acids is 1. The Bertz CT molecular complexity index is 476. The zero-order chi connectivity index (χ0) is 14.5. The molecule has 0 aromatic heterocycles. The van der Waals surface area contributed by atoms with E-state index in [9.17, 15) is 4.79 Å². The molecule has 1 aliphatic heterocycles. The van der Waals surface area contributed by atoms with Gasteiger partial charge in [-0.3, -0.25) is 9.69 Å². The second-order valence-electron chi connectivity index (χ2n) is 5.13. The molecular formula is C15H19NO2S2. The highest BCUT2D eigenvalue weighted by Crippen LogP contribution is 2.28. The van der Waals surface area contributed by atoms with Gasteiger partial charge in [-0.2, -0.15) is 0 Å². The number of thioether (sulfide) groups is 1. The number of amides is 1. The molecule has 3 nitrogen and oxygen atoms in total. The molecule has 2 rings (SSSR count). The Balaban J connectivity index is 1.86. The van der Waals surface area contributed by atoms with Crippen molar-refractivity contribution in [2.75, 3.05) is 12.4 Å². The van der Waals surface area contributed by atoms with Gasteiger partial charge in [-0.05, 0) is 11.5 Å². The predicted octanol–water partition coefficient (Wildman–Crippen LogP) is 3.09. The maximum absolute atomic E-state index is 12.3. The van der Waals surface area contributed by atoms with Crippen LogP contribution >= 0.6 is 24.0 Å². The molecule has 1 atom stereocenters. The van der Waals surface area contributed by atoms with Crippen LogP contribution in [0.3, 0.4) is 0 Å². The molecule has 5 heteroatoms. The average molecular weight is 309 g/mol. The Labute approximate surface area is 129 Å². The highest BCUT2D eigenvalue weighted by atomic mass is 32.2. The molecule has 0 unspecified atom stereocenters. The second-order valence-corrected chi connectivity index (χ2v) is 6.78. The molecule has 1 fully saturated rings. The van der Waals surface area contributed by atoms with Crippen molar-refractivity contribution in [1.29, 1.82) is 0 Å². The zero-order valence-corrected chi connectivity index (χ0v) is 13.4. The van der Waals surface area contributed by atoms with Gasteiger partial charge in [0.25, 0.3) is 5.91 Å². The van der Waals surface area contributed by atoms with Crippen molar-refractivity contribution in [1.82, 2.24) is 4.90 Å². The molecule has 0 bridgehead atoms. The van der Waals surface area contributed by atoms with Gasteiger partial charge < -0.3 is 4.74 Å². The number of benzene rings is 1. The van der Waals surface area contributed by atoms with Crippen LogP contribution in [-0.4, -0.2) is 33.5 Å². The molecule has 0 N–H and O–H groups in total. The molecule has 0 aliphatic carbocycles. The minimum Gasteiger partial charge on any atom is -0.367 e. The third-order valence-corrected chi connectivity index (χ3v) is 4.78. The highest BCUT2D eigenvalue weighted by molar-refractivity contribution is 8.23. The van der Waals surface area contributed by atoms with Crippen molar-refractivity contribution < 1.29 is 9.53 Å². The molecule has 1 aromatic carbocycles. The van der Waals surface area contributed by atoms with Gasteiger partial charge in [0.15, 0.2) is 0 Å². The van der Waals surface area contributed by atoms with Crippen LogP contribution in [0, 0.1) is 5.92 Å². The van der Waals surface area contributed by atoms with Crippen LogP contribution in [0.15, 0.2) is 30.3 Å². The van der Waals surface area contributed by atoms with Crippen molar-refractivity contribution in [3.63, 3.8) is 0 Å². The van der Waals surface area contributed by atoms with E-state index in [1.54, 1.807) is 16.7 Å². The Hall–Kier alpha value is -0.910. The van der Waals surface area contributed by atoms with E-state index in [2.05, 4.69) is 13.8 Å². The number of hydrogen-bond acceptors (Lipinski definition) is 4. The first-order valence-electron chi connectivity index (χ1n) is 6.70. The van der Waals surface area contributed by atoms with Gasteiger partial charge in [0, 0.05) is 5.75 Å². The summed E-state index contributed by atoms with van der Waals surface area (Å²) >= 11 is 6.85. The van der Waals surface area contributed by atoms with Crippen molar-refractivity contribution in [2.24, 2.45) is 5.92 Å². The van der Waals surface area contributed by atoms with Crippen LogP contribution in [0.25, 0.3) is 0 Å². The summed E-state index contributed by atoms with van der Waals surface area (Å²) in [5.41, 5.74) is 1.07. The van der Waals surface area contributed by atoms with Crippen molar-refractivity contribution in [2.45, 2.75) is 26.5 Å². The average Bonchev–Trinajstić information content (AvgIpc) is 2.82. The fraction of sp³-hybridized carbons (Fsp3) is 0.467. The van der Waals surface area contributed by atoms with E-state index in [0.717, 1.165) is 11.3 Å². The largest absolute Gasteiger partial charge is 0.367 e. The van der Waals surface area contributed by atoms with E-state index in [1.807, 2.05) is 30.3 Å². The number of hydrogen-bond donors (Lipinski definition) is 0.